The van der Waals surface area contributed by atoms with Crippen molar-refractivity contribution in [2.24, 2.45) is 0 Å². The van der Waals surface area contributed by atoms with Crippen LogP contribution in [0.25, 0.3) is 0 Å². The first-order valence-corrected chi connectivity index (χ1v) is 8.85. The second kappa shape index (κ2) is 5.54. The van der Waals surface area contributed by atoms with Crippen molar-refractivity contribution in [1.82, 2.24) is 0 Å². The number of halogens is 4. The van der Waals surface area contributed by atoms with E-state index >= 15 is 0 Å². The molecule has 0 fully saturated rings. The largest absolute Gasteiger partial charge is 0.457 e. The van der Waals surface area contributed by atoms with Gasteiger partial charge in [0.25, 0.3) is 5.92 Å². The molecule has 1 heterocycles. The zero-order chi connectivity index (χ0) is 17.9. The molecule has 3 nitrogen and oxygen atoms in total. The topological polar surface area (TPSA) is 46.5 Å². The average Bonchev–Trinajstić information content (AvgIpc) is 2.97. The summed E-state index contributed by atoms with van der Waals surface area (Å²) in [5.74, 6) is -5.05. The molecule has 2 atom stereocenters. The van der Waals surface area contributed by atoms with E-state index in [9.17, 15) is 26.9 Å². The van der Waals surface area contributed by atoms with Crippen molar-refractivity contribution in [3.63, 3.8) is 0 Å². The fourth-order valence-corrected chi connectivity index (χ4v) is 4.88. The average molecular weight is 372 g/mol. The Morgan fingerprint density at radius 1 is 1.16 bits per heavy atom. The lowest BCUT2D eigenvalue weighted by molar-refractivity contribution is -0.0976. The molecule has 1 N–H and O–H groups in total. The van der Waals surface area contributed by atoms with Gasteiger partial charge in [-0.1, -0.05) is 0 Å². The van der Waals surface area contributed by atoms with Crippen molar-refractivity contribution in [3.05, 3.63) is 52.6 Å². The first kappa shape index (κ1) is 16.5. The van der Waals surface area contributed by atoms with Gasteiger partial charge < -0.3 is 9.84 Å². The third-order valence-electron chi connectivity index (χ3n) is 4.40. The van der Waals surface area contributed by atoms with Crippen LogP contribution in [0, 0.1) is 11.6 Å². The number of hydrogen-bond acceptors (Lipinski definition) is 3. The van der Waals surface area contributed by atoms with Crippen LogP contribution in [0.5, 0.6) is 11.5 Å². The van der Waals surface area contributed by atoms with Gasteiger partial charge in [0.15, 0.2) is 0 Å². The molecule has 0 aromatic heterocycles. The molecule has 0 amide bonds. The monoisotopic (exact) mass is 372 g/mol. The van der Waals surface area contributed by atoms with E-state index in [0.717, 1.165) is 12.1 Å². The first-order chi connectivity index (χ1) is 11.8. The molecular weight excluding hydrogens is 360 g/mol. The molecule has 0 bridgehead atoms. The van der Waals surface area contributed by atoms with Gasteiger partial charge in [0.2, 0.25) is 0 Å². The standard InChI is InChI=1S/C17H12F4O3S/c18-9-4-10(19)6-11(5-9)24-13-3-8-1-2-25(23)15(8)14-12(13)7-17(20,21)16(14)22/h3-6,16,22H,1-2,7H2. The minimum absolute atomic E-state index is 0.00567. The highest BCUT2D eigenvalue weighted by atomic mass is 32.2. The van der Waals surface area contributed by atoms with Crippen LogP contribution in [0.1, 0.15) is 22.8 Å². The maximum atomic E-state index is 14.0. The number of aliphatic hydroxyl groups excluding tert-OH is 1. The number of hydrogen-bond donors (Lipinski definition) is 1. The lowest BCUT2D eigenvalue weighted by Gasteiger charge is -2.16. The maximum Gasteiger partial charge on any atom is 0.281 e. The molecule has 2 aromatic rings. The summed E-state index contributed by atoms with van der Waals surface area (Å²) >= 11 is 0. The van der Waals surface area contributed by atoms with Crippen LogP contribution < -0.4 is 4.74 Å². The first-order valence-electron chi connectivity index (χ1n) is 7.53. The van der Waals surface area contributed by atoms with Crippen molar-refractivity contribution in [2.45, 2.75) is 29.8 Å². The van der Waals surface area contributed by atoms with Gasteiger partial charge in [-0.05, 0) is 18.1 Å². The molecule has 132 valence electrons. The van der Waals surface area contributed by atoms with Gasteiger partial charge in [0.05, 0.1) is 10.8 Å². The van der Waals surface area contributed by atoms with E-state index in [-0.39, 0.29) is 33.3 Å². The smallest absolute Gasteiger partial charge is 0.281 e. The minimum Gasteiger partial charge on any atom is -0.457 e. The summed E-state index contributed by atoms with van der Waals surface area (Å²) in [5.41, 5.74) is 0.488. The lowest BCUT2D eigenvalue weighted by Crippen LogP contribution is -2.22. The number of rotatable bonds is 2. The van der Waals surface area contributed by atoms with E-state index in [2.05, 4.69) is 0 Å². The Hall–Kier alpha value is -1.93. The van der Waals surface area contributed by atoms with Crippen LogP contribution in [0.2, 0.25) is 0 Å². The summed E-state index contributed by atoms with van der Waals surface area (Å²) in [5, 5.41) is 10.0. The van der Waals surface area contributed by atoms with Gasteiger partial charge in [-0.15, -0.1) is 0 Å². The SMILES string of the molecule is O=S1CCc2cc(Oc3cc(F)cc(F)c3)c3c(c21)C(O)C(F)(F)C3. The van der Waals surface area contributed by atoms with Gasteiger partial charge in [-0.25, -0.2) is 17.6 Å². The lowest BCUT2D eigenvalue weighted by atomic mass is 10.0. The number of aliphatic hydroxyl groups is 1. The predicted molar refractivity (Wildman–Crippen MR) is 81.5 cm³/mol. The zero-order valence-electron chi connectivity index (χ0n) is 12.7. The van der Waals surface area contributed by atoms with Crippen LogP contribution in [-0.2, 0) is 23.6 Å². The van der Waals surface area contributed by atoms with E-state index in [1.807, 2.05) is 0 Å². The van der Waals surface area contributed by atoms with Crippen molar-refractivity contribution in [1.29, 1.82) is 0 Å². The molecule has 0 saturated heterocycles. The minimum atomic E-state index is -3.42. The molecule has 2 aromatic carbocycles. The van der Waals surface area contributed by atoms with Gasteiger partial charge in [0.1, 0.15) is 29.2 Å². The summed E-state index contributed by atoms with van der Waals surface area (Å²) in [6.45, 7) is 0. The number of ether oxygens (including phenoxy) is 1. The summed E-state index contributed by atoms with van der Waals surface area (Å²) in [6.07, 6.45) is -2.48. The van der Waals surface area contributed by atoms with Crippen molar-refractivity contribution >= 4 is 10.8 Å². The molecule has 0 radical (unpaired) electrons. The van der Waals surface area contributed by atoms with E-state index < -0.39 is 40.9 Å². The summed E-state index contributed by atoms with van der Waals surface area (Å²) in [4.78, 5) is 0.234. The number of fused-ring (bicyclic) bond motifs is 3. The fourth-order valence-electron chi connectivity index (χ4n) is 3.33. The number of aryl methyl sites for hydroxylation is 1. The van der Waals surface area contributed by atoms with Crippen LogP contribution >= 0.6 is 0 Å². The maximum absolute atomic E-state index is 14.0. The van der Waals surface area contributed by atoms with Crippen molar-refractivity contribution in [3.8, 4) is 11.5 Å². The quantitative estimate of drug-likeness (QED) is 0.819. The Labute approximate surface area is 142 Å². The second-order valence-electron chi connectivity index (χ2n) is 6.10. The highest BCUT2D eigenvalue weighted by Crippen LogP contribution is 2.51. The van der Waals surface area contributed by atoms with E-state index in [0.29, 0.717) is 18.1 Å². The third-order valence-corrected chi connectivity index (χ3v) is 5.91. The van der Waals surface area contributed by atoms with Crippen molar-refractivity contribution in [2.75, 3.05) is 5.75 Å². The van der Waals surface area contributed by atoms with E-state index in [1.54, 1.807) is 0 Å². The third kappa shape index (κ3) is 2.64. The van der Waals surface area contributed by atoms with Gasteiger partial charge >= 0.3 is 0 Å². The van der Waals surface area contributed by atoms with E-state index in [1.165, 1.54) is 6.07 Å². The summed E-state index contributed by atoms with van der Waals surface area (Å²) < 4.78 is 72.4. The van der Waals surface area contributed by atoms with Crippen LogP contribution in [0.15, 0.2) is 29.2 Å². The molecule has 4 rings (SSSR count). The van der Waals surface area contributed by atoms with Crippen LogP contribution in [-0.4, -0.2) is 21.0 Å². The summed E-state index contributed by atoms with van der Waals surface area (Å²) in [7, 11) is -1.46. The number of alkyl halides is 2. The molecular formula is C17H12F4O3S. The van der Waals surface area contributed by atoms with Crippen molar-refractivity contribution < 1.29 is 31.6 Å². The molecule has 25 heavy (non-hydrogen) atoms. The highest BCUT2D eigenvalue weighted by molar-refractivity contribution is 7.85. The molecule has 2 unspecified atom stereocenters. The van der Waals surface area contributed by atoms with Crippen LogP contribution in [0.3, 0.4) is 0 Å². The molecule has 8 heteroatoms. The number of benzene rings is 2. The molecule has 0 saturated carbocycles. The molecule has 2 aliphatic rings. The molecule has 1 aliphatic heterocycles. The normalized spacial score (nSPS) is 23.4. The Kier molecular flexibility index (Phi) is 3.66. The fraction of sp³-hybridized carbons (Fsp3) is 0.294. The Morgan fingerprint density at radius 2 is 1.84 bits per heavy atom. The zero-order valence-corrected chi connectivity index (χ0v) is 13.5. The Balaban J connectivity index is 1.87. The Bertz CT molecular complexity index is 893. The van der Waals surface area contributed by atoms with Gasteiger partial charge in [-0.2, -0.15) is 0 Å². The summed E-state index contributed by atoms with van der Waals surface area (Å²) in [6, 6.07) is 4.01. The molecule has 0 spiro atoms. The van der Waals surface area contributed by atoms with Crippen LogP contribution in [0.4, 0.5) is 17.6 Å². The van der Waals surface area contributed by atoms with E-state index in [4.69, 9.17) is 4.74 Å². The molecule has 1 aliphatic carbocycles. The van der Waals surface area contributed by atoms with Gasteiger partial charge in [-0.3, -0.25) is 4.21 Å². The van der Waals surface area contributed by atoms with Gasteiger partial charge in [0, 0.05) is 46.4 Å². The second-order valence-corrected chi connectivity index (χ2v) is 7.61. The Morgan fingerprint density at radius 3 is 2.52 bits per heavy atom. The highest BCUT2D eigenvalue weighted by Gasteiger charge is 2.51. The predicted octanol–water partition coefficient (Wildman–Crippen LogP) is 3.65.